The second-order valence-corrected chi connectivity index (χ2v) is 2.55. The van der Waals surface area contributed by atoms with Crippen molar-refractivity contribution in [3.8, 4) is 0 Å². The number of aryl methyl sites for hydroxylation is 1. The van der Waals surface area contributed by atoms with Gasteiger partial charge in [0.05, 0.1) is 5.56 Å². The second-order valence-electron chi connectivity index (χ2n) is 2.55. The van der Waals surface area contributed by atoms with E-state index in [1.807, 2.05) is 19.9 Å². The van der Waals surface area contributed by atoms with Crippen LogP contribution in [0.2, 0.25) is 0 Å². The van der Waals surface area contributed by atoms with Crippen LogP contribution in [0.4, 0.5) is 0 Å². The van der Waals surface area contributed by atoms with Crippen LogP contribution in [-0.4, -0.2) is 11.1 Å². The zero-order chi connectivity index (χ0) is 8.43. The van der Waals surface area contributed by atoms with Crippen molar-refractivity contribution < 1.29 is 27.0 Å². The molecule has 0 heterocycles. The van der Waals surface area contributed by atoms with Crippen molar-refractivity contribution in [1.29, 1.82) is 0 Å². The molecule has 0 aliphatic rings. The largest absolute Gasteiger partial charge is 0.478 e. The van der Waals surface area contributed by atoms with E-state index in [2.05, 4.69) is 0 Å². The first-order valence-electron chi connectivity index (χ1n) is 3.42. The van der Waals surface area contributed by atoms with Gasteiger partial charge in [0.2, 0.25) is 0 Å². The first-order valence-corrected chi connectivity index (χ1v) is 3.42. The van der Waals surface area contributed by atoms with Gasteiger partial charge in [-0.3, -0.25) is 0 Å². The summed E-state index contributed by atoms with van der Waals surface area (Å²) < 4.78 is 0. The van der Waals surface area contributed by atoms with Gasteiger partial charge in [-0.2, -0.15) is 0 Å². The number of aromatic carboxylic acids is 1. The van der Waals surface area contributed by atoms with Gasteiger partial charge in [0.1, 0.15) is 0 Å². The van der Waals surface area contributed by atoms with E-state index in [1.165, 1.54) is 0 Å². The number of hydrogen-bond donors (Lipinski definition) is 1. The third-order valence-electron chi connectivity index (χ3n) is 1.84. The summed E-state index contributed by atoms with van der Waals surface area (Å²) in [5.41, 5.74) is 2.26. The average Bonchev–Trinajstić information content (AvgIpc) is 1.94. The van der Waals surface area contributed by atoms with E-state index in [0.29, 0.717) is 5.56 Å². The molecular formula is C9H10FeO2. The fourth-order valence-electron chi connectivity index (χ4n) is 0.983. The second kappa shape index (κ2) is 4.29. The van der Waals surface area contributed by atoms with E-state index in [9.17, 15) is 4.79 Å². The maximum atomic E-state index is 10.6. The van der Waals surface area contributed by atoms with Crippen LogP contribution in [0.3, 0.4) is 0 Å². The van der Waals surface area contributed by atoms with Crippen molar-refractivity contribution in [1.82, 2.24) is 0 Å². The Morgan fingerprint density at radius 2 is 1.92 bits per heavy atom. The summed E-state index contributed by atoms with van der Waals surface area (Å²) in [5, 5.41) is 8.69. The van der Waals surface area contributed by atoms with E-state index in [-0.39, 0.29) is 17.1 Å². The van der Waals surface area contributed by atoms with Gasteiger partial charge in [-0.1, -0.05) is 12.1 Å². The molecule has 1 N–H and O–H groups in total. The van der Waals surface area contributed by atoms with Crippen LogP contribution < -0.4 is 0 Å². The molecule has 1 aromatic rings. The van der Waals surface area contributed by atoms with Crippen molar-refractivity contribution in [3.63, 3.8) is 0 Å². The summed E-state index contributed by atoms with van der Waals surface area (Å²) in [6.45, 7) is 3.72. The van der Waals surface area contributed by atoms with Gasteiger partial charge in [0, 0.05) is 17.1 Å². The Morgan fingerprint density at radius 3 is 2.33 bits per heavy atom. The monoisotopic (exact) mass is 206 g/mol. The van der Waals surface area contributed by atoms with Crippen LogP contribution in [0.5, 0.6) is 0 Å². The van der Waals surface area contributed by atoms with Crippen molar-refractivity contribution in [3.05, 3.63) is 34.9 Å². The molecule has 0 amide bonds. The summed E-state index contributed by atoms with van der Waals surface area (Å²) in [6, 6.07) is 5.28. The molecule has 0 atom stereocenters. The molecule has 0 aliphatic heterocycles. The minimum Gasteiger partial charge on any atom is -0.478 e. The van der Waals surface area contributed by atoms with Crippen LogP contribution in [0, 0.1) is 13.8 Å². The smallest absolute Gasteiger partial charge is 0.335 e. The third kappa shape index (κ3) is 2.10. The van der Waals surface area contributed by atoms with E-state index >= 15 is 0 Å². The van der Waals surface area contributed by atoms with Gasteiger partial charge in [0.15, 0.2) is 0 Å². The number of carbonyl (C=O) groups is 1. The van der Waals surface area contributed by atoms with Crippen molar-refractivity contribution in [2.75, 3.05) is 0 Å². The number of hydrogen-bond acceptors (Lipinski definition) is 1. The maximum Gasteiger partial charge on any atom is 0.335 e. The van der Waals surface area contributed by atoms with Crippen molar-refractivity contribution in [2.24, 2.45) is 0 Å². The van der Waals surface area contributed by atoms with Gasteiger partial charge < -0.3 is 5.11 Å². The Kier molecular flexibility index (Phi) is 4.01. The predicted octanol–water partition coefficient (Wildman–Crippen LogP) is 2.00. The van der Waals surface area contributed by atoms with Gasteiger partial charge in [-0.15, -0.1) is 0 Å². The molecule has 0 aromatic heterocycles. The predicted molar refractivity (Wildman–Crippen MR) is 42.9 cm³/mol. The van der Waals surface area contributed by atoms with Crippen LogP contribution >= 0.6 is 0 Å². The van der Waals surface area contributed by atoms with Crippen LogP contribution in [0.1, 0.15) is 21.5 Å². The number of carboxylic acids is 1. The summed E-state index contributed by atoms with van der Waals surface area (Å²) >= 11 is 0. The molecule has 0 spiro atoms. The molecule has 1 rings (SSSR count). The minimum atomic E-state index is -0.855. The molecular weight excluding hydrogens is 196 g/mol. The van der Waals surface area contributed by atoms with E-state index < -0.39 is 5.97 Å². The number of carboxylic acid groups (broad SMARTS) is 1. The van der Waals surface area contributed by atoms with E-state index in [4.69, 9.17) is 5.11 Å². The Balaban J connectivity index is 0.00000121. The summed E-state index contributed by atoms with van der Waals surface area (Å²) in [7, 11) is 0. The molecule has 0 bridgehead atoms. The molecule has 0 saturated carbocycles. The first-order chi connectivity index (χ1) is 5.13. The minimum absolute atomic E-state index is 0. The summed E-state index contributed by atoms with van der Waals surface area (Å²) in [6.07, 6.45) is 0. The summed E-state index contributed by atoms with van der Waals surface area (Å²) in [4.78, 5) is 10.6. The van der Waals surface area contributed by atoms with Crippen molar-refractivity contribution in [2.45, 2.75) is 13.8 Å². The molecule has 0 radical (unpaired) electrons. The topological polar surface area (TPSA) is 37.3 Å². The van der Waals surface area contributed by atoms with Crippen LogP contribution in [-0.2, 0) is 17.1 Å². The SMILES string of the molecule is Cc1cccc(C(=O)O)c1C.[Fe]. The van der Waals surface area contributed by atoms with E-state index in [0.717, 1.165) is 11.1 Å². The molecule has 0 aliphatic carbocycles. The molecule has 3 heteroatoms. The summed E-state index contributed by atoms with van der Waals surface area (Å²) in [5.74, 6) is -0.855. The molecule has 66 valence electrons. The molecule has 0 fully saturated rings. The normalized spacial score (nSPS) is 8.83. The third-order valence-corrected chi connectivity index (χ3v) is 1.84. The van der Waals surface area contributed by atoms with Crippen LogP contribution in [0.15, 0.2) is 18.2 Å². The van der Waals surface area contributed by atoms with E-state index in [1.54, 1.807) is 12.1 Å². The Labute approximate surface area is 82.1 Å². The van der Waals surface area contributed by atoms with Crippen LogP contribution in [0.25, 0.3) is 0 Å². The number of benzene rings is 1. The zero-order valence-electron chi connectivity index (χ0n) is 6.94. The molecule has 0 saturated heterocycles. The molecule has 0 unspecified atom stereocenters. The Hall–Kier alpha value is -0.791. The molecule has 1 aromatic carbocycles. The average molecular weight is 206 g/mol. The van der Waals surface area contributed by atoms with Gasteiger partial charge in [-0.05, 0) is 31.0 Å². The quantitative estimate of drug-likeness (QED) is 0.713. The fourth-order valence-corrected chi connectivity index (χ4v) is 0.983. The standard InChI is InChI=1S/C9H10O2.Fe/c1-6-4-3-5-8(7(6)2)9(10)11;/h3-5H,1-2H3,(H,10,11);. The Bertz CT molecular complexity index is 295. The molecule has 2 nitrogen and oxygen atoms in total. The molecule has 12 heavy (non-hydrogen) atoms. The van der Waals surface area contributed by atoms with Gasteiger partial charge in [0.25, 0.3) is 0 Å². The number of rotatable bonds is 1. The van der Waals surface area contributed by atoms with Crippen molar-refractivity contribution >= 4 is 5.97 Å². The zero-order valence-corrected chi connectivity index (χ0v) is 8.05. The van der Waals surface area contributed by atoms with Gasteiger partial charge in [-0.25, -0.2) is 4.79 Å². The Morgan fingerprint density at radius 1 is 1.33 bits per heavy atom. The maximum absolute atomic E-state index is 10.6. The fraction of sp³-hybridized carbons (Fsp3) is 0.222. The van der Waals surface area contributed by atoms with Gasteiger partial charge >= 0.3 is 5.97 Å². The first kappa shape index (κ1) is 11.2.